The third-order valence-electron chi connectivity index (χ3n) is 5.19. The van der Waals surface area contributed by atoms with Crippen molar-refractivity contribution in [3.8, 4) is 5.75 Å². The Bertz CT molecular complexity index is 1100. The summed E-state index contributed by atoms with van der Waals surface area (Å²) in [5, 5.41) is 32.0. The van der Waals surface area contributed by atoms with E-state index in [1.165, 1.54) is 26.0 Å². The molecule has 2 aromatic carbocycles. The van der Waals surface area contributed by atoms with Crippen LogP contribution in [-0.4, -0.2) is 47.4 Å². The van der Waals surface area contributed by atoms with Crippen molar-refractivity contribution in [3.05, 3.63) is 42.0 Å². The first-order valence-corrected chi connectivity index (χ1v) is 10.5. The number of aliphatic hydroxyl groups is 2. The lowest BCUT2D eigenvalue weighted by atomic mass is 9.85. The van der Waals surface area contributed by atoms with Gasteiger partial charge in [-0.2, -0.15) is 8.42 Å². The Morgan fingerprint density at radius 1 is 1.14 bits per heavy atom. The van der Waals surface area contributed by atoms with Gasteiger partial charge < -0.3 is 15.3 Å². The van der Waals surface area contributed by atoms with Crippen molar-refractivity contribution >= 4 is 38.7 Å². The molecular weight excluding hydrogens is 396 g/mol. The molecule has 4 N–H and O–H groups in total. The Morgan fingerprint density at radius 3 is 2.41 bits per heavy atom. The van der Waals surface area contributed by atoms with Crippen molar-refractivity contribution in [2.75, 3.05) is 10.8 Å². The smallest absolute Gasteiger partial charge is 0.326 e. The normalized spacial score (nSPS) is 18.9. The zero-order valence-electron chi connectivity index (χ0n) is 16.4. The van der Waals surface area contributed by atoms with E-state index in [2.05, 4.69) is 0 Å². The van der Waals surface area contributed by atoms with E-state index < -0.39 is 33.9 Å². The highest BCUT2D eigenvalue weighted by molar-refractivity contribution is 7.92. The predicted molar refractivity (Wildman–Crippen MR) is 111 cm³/mol. The minimum atomic E-state index is -4.03. The van der Waals surface area contributed by atoms with Crippen molar-refractivity contribution in [3.63, 3.8) is 0 Å². The van der Waals surface area contributed by atoms with Crippen LogP contribution in [0.5, 0.6) is 5.75 Å². The number of hydrogen-bond donors (Lipinski definition) is 4. The van der Waals surface area contributed by atoms with Gasteiger partial charge in [0.25, 0.3) is 5.91 Å². The molecule has 2 aromatic rings. The minimum absolute atomic E-state index is 0.0157. The van der Waals surface area contributed by atoms with Crippen LogP contribution in [0.2, 0.25) is 0 Å². The lowest BCUT2D eigenvalue weighted by Gasteiger charge is -2.34. The number of aromatic hydroxyl groups is 1. The molecule has 1 heterocycles. The van der Waals surface area contributed by atoms with Gasteiger partial charge in [0.15, 0.2) is 0 Å². The fourth-order valence-electron chi connectivity index (χ4n) is 2.93. The average Bonchev–Trinajstić information content (AvgIpc) is 2.85. The van der Waals surface area contributed by atoms with E-state index in [1.807, 2.05) is 10.8 Å². The molecular formula is C20H24N2O6S. The maximum Gasteiger partial charge on any atom is 0.326 e. The number of hydrogen-bond acceptors (Lipinski definition) is 6. The topological polar surface area (TPSA) is 127 Å². The molecule has 0 aliphatic carbocycles. The van der Waals surface area contributed by atoms with E-state index in [0.717, 1.165) is 9.87 Å². The van der Waals surface area contributed by atoms with E-state index in [0.29, 0.717) is 10.8 Å². The fraction of sp³-hybridized carbons (Fsp3) is 0.350. The molecule has 3 rings (SSSR count). The first-order valence-electron chi connectivity index (χ1n) is 9.01. The van der Waals surface area contributed by atoms with Gasteiger partial charge in [-0.05, 0) is 61.7 Å². The van der Waals surface area contributed by atoms with E-state index in [1.54, 1.807) is 31.2 Å². The van der Waals surface area contributed by atoms with Gasteiger partial charge in [-0.1, -0.05) is 24.3 Å². The van der Waals surface area contributed by atoms with Crippen molar-refractivity contribution in [1.29, 1.82) is 0 Å². The minimum Gasteiger partial charge on any atom is -0.506 e. The Hall–Kier alpha value is -2.62. The number of rotatable bonds is 5. The van der Waals surface area contributed by atoms with Crippen LogP contribution in [0.3, 0.4) is 0 Å². The molecule has 1 atom stereocenters. The van der Waals surface area contributed by atoms with Gasteiger partial charge in [-0.25, -0.2) is 9.03 Å². The molecule has 1 unspecified atom stereocenters. The summed E-state index contributed by atoms with van der Waals surface area (Å²) in [5.41, 5.74) is -1.76. The molecule has 29 heavy (non-hydrogen) atoms. The number of carbonyl (C=O) groups excluding carboxylic acids is 1. The highest BCUT2D eigenvalue weighted by Gasteiger charge is 2.36. The van der Waals surface area contributed by atoms with Crippen LogP contribution >= 0.6 is 0 Å². The van der Waals surface area contributed by atoms with Crippen LogP contribution in [0, 0.1) is 0 Å². The molecule has 0 radical (unpaired) electrons. The number of anilines is 1. The monoisotopic (exact) mass is 420 g/mol. The summed E-state index contributed by atoms with van der Waals surface area (Å²) in [7, 11) is -4.03. The number of amides is 1. The van der Waals surface area contributed by atoms with E-state index in [4.69, 9.17) is 0 Å². The van der Waals surface area contributed by atoms with Gasteiger partial charge in [0.1, 0.15) is 12.3 Å². The van der Waals surface area contributed by atoms with Crippen LogP contribution < -0.4 is 9.03 Å². The number of nitrogens with zero attached hydrogens (tertiary/aromatic N) is 1. The van der Waals surface area contributed by atoms with E-state index >= 15 is 0 Å². The molecule has 0 saturated carbocycles. The second-order valence-corrected chi connectivity index (χ2v) is 9.52. The Kier molecular flexibility index (Phi) is 5.10. The van der Waals surface area contributed by atoms with Crippen LogP contribution in [0.25, 0.3) is 16.8 Å². The van der Waals surface area contributed by atoms with Crippen molar-refractivity contribution in [2.24, 2.45) is 0 Å². The number of carbonyl (C=O) groups is 1. The quantitative estimate of drug-likeness (QED) is 0.583. The Labute approximate surface area is 169 Å². The first-order chi connectivity index (χ1) is 13.3. The van der Waals surface area contributed by atoms with Gasteiger partial charge >= 0.3 is 10.2 Å². The Morgan fingerprint density at radius 2 is 1.83 bits per heavy atom. The third-order valence-corrected chi connectivity index (χ3v) is 6.58. The molecule has 0 spiro atoms. The molecule has 1 fully saturated rings. The van der Waals surface area contributed by atoms with Gasteiger partial charge in [0.05, 0.1) is 16.9 Å². The van der Waals surface area contributed by atoms with Crippen LogP contribution in [-0.2, 0) is 15.0 Å². The summed E-state index contributed by atoms with van der Waals surface area (Å²) in [4.78, 5) is 11.5. The molecule has 1 amide bonds. The number of benzene rings is 2. The number of phenols is 1. The summed E-state index contributed by atoms with van der Waals surface area (Å²) < 4.78 is 26.8. The summed E-state index contributed by atoms with van der Waals surface area (Å²) in [6, 6.07) is 8.33. The molecule has 0 aromatic heterocycles. The molecule has 1 saturated heterocycles. The highest BCUT2D eigenvalue weighted by Crippen LogP contribution is 2.35. The number of fused-ring (bicyclic) bond motifs is 1. The van der Waals surface area contributed by atoms with Crippen LogP contribution in [0.4, 0.5) is 5.69 Å². The van der Waals surface area contributed by atoms with Crippen LogP contribution in [0.1, 0.15) is 32.8 Å². The molecule has 8 nitrogen and oxygen atoms in total. The van der Waals surface area contributed by atoms with Gasteiger partial charge in [0, 0.05) is 0 Å². The molecule has 9 heteroatoms. The standard InChI is InChI=1S/C20H24N2O6S/c1-19(2,25)20(3,26)8-4-5-13-6-7-14-11-17(23)16(10-15(14)9-13)22-12-18(24)21-29(22,27)28/h4-7,9-11,23,25-26H,8,12H2,1-3H3,(H,21,24)/b5-4+. The van der Waals surface area contributed by atoms with E-state index in [9.17, 15) is 28.5 Å². The maximum atomic E-state index is 12.1. The maximum absolute atomic E-state index is 12.1. The third kappa shape index (κ3) is 4.21. The van der Waals surface area contributed by atoms with Crippen molar-refractivity contribution < 1.29 is 28.5 Å². The summed E-state index contributed by atoms with van der Waals surface area (Å²) in [6.45, 7) is 4.24. The zero-order chi connectivity index (χ0) is 21.6. The van der Waals surface area contributed by atoms with Gasteiger partial charge in [-0.15, -0.1) is 0 Å². The molecule has 1 aliphatic rings. The van der Waals surface area contributed by atoms with Gasteiger partial charge in [-0.3, -0.25) is 4.79 Å². The lowest BCUT2D eigenvalue weighted by molar-refractivity contribution is -0.117. The van der Waals surface area contributed by atoms with E-state index in [-0.39, 0.29) is 17.9 Å². The SMILES string of the molecule is CC(C)(O)C(C)(O)C/C=C/c1ccc2cc(O)c(N3CC(=O)NS3(=O)=O)cc2c1. The largest absolute Gasteiger partial charge is 0.506 e. The lowest BCUT2D eigenvalue weighted by Crippen LogP contribution is -2.47. The predicted octanol–water partition coefficient (Wildman–Crippen LogP) is 1.65. The molecule has 0 bridgehead atoms. The molecule has 1 aliphatic heterocycles. The summed E-state index contributed by atoms with van der Waals surface area (Å²) in [5.74, 6) is -0.915. The second-order valence-electron chi connectivity index (χ2n) is 7.92. The summed E-state index contributed by atoms with van der Waals surface area (Å²) in [6.07, 6.45) is 3.76. The second kappa shape index (κ2) is 7.01. The molecule has 156 valence electrons. The van der Waals surface area contributed by atoms with Crippen molar-refractivity contribution in [1.82, 2.24) is 4.72 Å². The zero-order valence-corrected chi connectivity index (χ0v) is 17.2. The fourth-order valence-corrected chi connectivity index (χ4v) is 4.09. The number of phenolic OH excluding ortho intramolecular Hbond substituents is 1. The van der Waals surface area contributed by atoms with Crippen LogP contribution in [0.15, 0.2) is 36.4 Å². The summed E-state index contributed by atoms with van der Waals surface area (Å²) >= 11 is 0. The van der Waals surface area contributed by atoms with Crippen molar-refractivity contribution in [2.45, 2.75) is 38.4 Å². The highest BCUT2D eigenvalue weighted by atomic mass is 32.2. The first kappa shape index (κ1) is 21.1. The number of nitrogens with one attached hydrogen (secondary N) is 1. The van der Waals surface area contributed by atoms with Gasteiger partial charge in [0.2, 0.25) is 0 Å². The Balaban J connectivity index is 1.93. The average molecular weight is 420 g/mol.